The normalized spacial score (nSPS) is 13.7. The van der Waals surface area contributed by atoms with Gasteiger partial charge in [-0.15, -0.1) is 0 Å². The predicted octanol–water partition coefficient (Wildman–Crippen LogP) is 5.07. The quantitative estimate of drug-likeness (QED) is 0.307. The van der Waals surface area contributed by atoms with E-state index >= 15 is 0 Å². The van der Waals surface area contributed by atoms with Crippen LogP contribution in [-0.4, -0.2) is 48.0 Å². The summed E-state index contributed by atoms with van der Waals surface area (Å²) in [7, 11) is 1.54. The van der Waals surface area contributed by atoms with E-state index in [4.69, 9.17) is 16.3 Å². The van der Waals surface area contributed by atoms with E-state index in [-0.39, 0.29) is 12.8 Å². The van der Waals surface area contributed by atoms with Gasteiger partial charge in [0, 0.05) is 23.3 Å². The molecule has 0 aliphatic rings. The van der Waals surface area contributed by atoms with Gasteiger partial charge >= 0.3 is 6.18 Å². The van der Waals surface area contributed by atoms with Crippen molar-refractivity contribution in [2.24, 2.45) is 5.92 Å². The Balaban J connectivity index is 1.92. The molecule has 0 saturated carbocycles. The molecule has 11 heteroatoms. The molecule has 0 saturated heterocycles. The average Bonchev–Trinajstić information content (AvgIpc) is 2.94. The third-order valence-electron chi connectivity index (χ3n) is 6.49. The van der Waals surface area contributed by atoms with Crippen LogP contribution in [0.5, 0.6) is 5.75 Å². The van der Waals surface area contributed by atoms with Gasteiger partial charge in [-0.25, -0.2) is 0 Å². The molecule has 41 heavy (non-hydrogen) atoms. The van der Waals surface area contributed by atoms with Gasteiger partial charge in [0.1, 0.15) is 11.8 Å². The zero-order chi connectivity index (χ0) is 30.2. The highest BCUT2D eigenvalue weighted by atomic mass is 35.5. The second-order valence-corrected chi connectivity index (χ2v) is 10.3. The first-order valence-corrected chi connectivity index (χ1v) is 13.3. The SMILES string of the molecule is COc1ccc(CC(C(=O)N[C@@H](Cc2ccccn2)C(=O)N[C@H](C(=O)C(F)(F)F)C(C)C)c2ccc(Cl)cc2)cc1. The lowest BCUT2D eigenvalue weighted by Gasteiger charge is -2.27. The number of halogens is 4. The number of hydrogen-bond donors (Lipinski definition) is 2. The molecule has 2 amide bonds. The van der Waals surface area contributed by atoms with Crippen LogP contribution < -0.4 is 15.4 Å². The van der Waals surface area contributed by atoms with Crippen LogP contribution in [0.25, 0.3) is 0 Å². The van der Waals surface area contributed by atoms with Gasteiger partial charge < -0.3 is 15.4 Å². The van der Waals surface area contributed by atoms with E-state index in [0.29, 0.717) is 22.0 Å². The van der Waals surface area contributed by atoms with E-state index in [1.807, 2.05) is 12.1 Å². The van der Waals surface area contributed by atoms with Crippen molar-refractivity contribution >= 4 is 29.2 Å². The maximum Gasteiger partial charge on any atom is 0.452 e. The van der Waals surface area contributed by atoms with Crippen LogP contribution in [0.2, 0.25) is 5.02 Å². The summed E-state index contributed by atoms with van der Waals surface area (Å²) in [5.41, 5.74) is 1.85. The van der Waals surface area contributed by atoms with Crippen LogP contribution in [0.15, 0.2) is 72.9 Å². The van der Waals surface area contributed by atoms with Crippen molar-refractivity contribution in [2.45, 2.75) is 50.9 Å². The summed E-state index contributed by atoms with van der Waals surface area (Å²) in [5.74, 6) is -4.53. The monoisotopic (exact) mass is 589 g/mol. The number of rotatable bonds is 12. The summed E-state index contributed by atoms with van der Waals surface area (Å²) in [6, 6.07) is 15.6. The molecule has 0 aliphatic carbocycles. The van der Waals surface area contributed by atoms with Gasteiger partial charge in [-0.2, -0.15) is 13.2 Å². The molecule has 7 nitrogen and oxygen atoms in total. The van der Waals surface area contributed by atoms with Crippen LogP contribution >= 0.6 is 11.6 Å². The lowest BCUT2D eigenvalue weighted by molar-refractivity contribution is -0.175. The number of Topliss-reactive ketones (excluding diaryl/α,β-unsaturated/α-hetero) is 1. The number of carbonyl (C=O) groups is 3. The summed E-state index contributed by atoms with van der Waals surface area (Å²) >= 11 is 6.06. The molecule has 0 bridgehead atoms. The smallest absolute Gasteiger partial charge is 0.452 e. The first kappa shape index (κ1) is 31.6. The Bertz CT molecular complexity index is 1320. The molecule has 2 N–H and O–H groups in total. The number of aromatic nitrogens is 1. The lowest BCUT2D eigenvalue weighted by Crippen LogP contribution is -2.56. The number of alkyl halides is 3. The van der Waals surface area contributed by atoms with E-state index < -0.39 is 47.7 Å². The van der Waals surface area contributed by atoms with Crippen molar-refractivity contribution in [1.29, 1.82) is 0 Å². The Morgan fingerprint density at radius 2 is 1.56 bits per heavy atom. The Hall–Kier alpha value is -3.92. The highest BCUT2D eigenvalue weighted by Gasteiger charge is 2.45. The first-order chi connectivity index (χ1) is 19.4. The minimum Gasteiger partial charge on any atom is -0.497 e. The number of pyridine rings is 1. The van der Waals surface area contributed by atoms with Gasteiger partial charge in [-0.1, -0.05) is 55.8 Å². The topological polar surface area (TPSA) is 97.4 Å². The number of ketones is 1. The molecule has 3 aromatic rings. The van der Waals surface area contributed by atoms with E-state index in [2.05, 4.69) is 15.6 Å². The average molecular weight is 590 g/mol. The number of amides is 2. The van der Waals surface area contributed by atoms with Gasteiger partial charge in [0.25, 0.3) is 5.78 Å². The summed E-state index contributed by atoms with van der Waals surface area (Å²) < 4.78 is 44.9. The second kappa shape index (κ2) is 14.1. The number of carbonyl (C=O) groups excluding carboxylic acids is 3. The highest BCUT2D eigenvalue weighted by Crippen LogP contribution is 2.25. The fraction of sp³-hybridized carbons (Fsp3) is 0.333. The van der Waals surface area contributed by atoms with Crippen LogP contribution in [0.1, 0.15) is 36.6 Å². The zero-order valence-electron chi connectivity index (χ0n) is 22.7. The van der Waals surface area contributed by atoms with Gasteiger partial charge in [0.05, 0.1) is 19.1 Å². The number of methoxy groups -OCH3 is 1. The number of nitrogens with zero attached hydrogens (tertiary/aromatic N) is 1. The van der Waals surface area contributed by atoms with Crippen molar-refractivity contribution in [3.05, 3.63) is 94.8 Å². The Kier molecular flexibility index (Phi) is 10.9. The standard InChI is InChI=1S/C30H31ClF3N3O4/c1-18(2)26(27(38)30(32,33)34)37-29(40)25(17-22-6-4-5-15-35-22)36-28(39)24(20-9-11-21(31)12-10-20)16-19-7-13-23(41-3)14-8-19/h4-15,18,24-26H,16-17H2,1-3H3,(H,36,39)(H,37,40)/t24?,25-,26-/m0/s1. The molecule has 0 aliphatic heterocycles. The third kappa shape index (κ3) is 9.04. The summed E-state index contributed by atoms with van der Waals surface area (Å²) in [5, 5.41) is 5.39. The summed E-state index contributed by atoms with van der Waals surface area (Å²) in [6.07, 6.45) is -3.51. The number of hydrogen-bond acceptors (Lipinski definition) is 5. The van der Waals surface area contributed by atoms with E-state index in [1.54, 1.807) is 54.6 Å². The molecular weight excluding hydrogens is 559 g/mol. The Morgan fingerprint density at radius 3 is 2.10 bits per heavy atom. The summed E-state index contributed by atoms with van der Waals surface area (Å²) in [4.78, 5) is 43.4. The van der Waals surface area contributed by atoms with Crippen molar-refractivity contribution in [3.8, 4) is 5.75 Å². The van der Waals surface area contributed by atoms with Crippen LogP contribution in [0.3, 0.4) is 0 Å². The third-order valence-corrected chi connectivity index (χ3v) is 6.74. The van der Waals surface area contributed by atoms with Gasteiger partial charge in [0.15, 0.2) is 0 Å². The highest BCUT2D eigenvalue weighted by molar-refractivity contribution is 6.30. The maximum atomic E-state index is 13.8. The van der Waals surface area contributed by atoms with Crippen LogP contribution in [0, 0.1) is 5.92 Å². The van der Waals surface area contributed by atoms with E-state index in [9.17, 15) is 27.6 Å². The molecule has 0 spiro atoms. The molecular formula is C30H31ClF3N3O4. The molecule has 1 heterocycles. The number of ether oxygens (including phenoxy) is 1. The molecule has 218 valence electrons. The second-order valence-electron chi connectivity index (χ2n) is 9.83. The summed E-state index contributed by atoms with van der Waals surface area (Å²) in [6.45, 7) is 2.79. The van der Waals surface area contributed by atoms with Crippen molar-refractivity contribution in [1.82, 2.24) is 15.6 Å². The molecule has 1 aromatic heterocycles. The molecule has 0 radical (unpaired) electrons. The molecule has 2 aromatic carbocycles. The zero-order valence-corrected chi connectivity index (χ0v) is 23.5. The van der Waals surface area contributed by atoms with Crippen molar-refractivity contribution in [2.75, 3.05) is 7.11 Å². The molecule has 3 rings (SSSR count). The van der Waals surface area contributed by atoms with Crippen molar-refractivity contribution < 1.29 is 32.3 Å². The van der Waals surface area contributed by atoms with Crippen molar-refractivity contribution in [3.63, 3.8) is 0 Å². The maximum absolute atomic E-state index is 13.8. The van der Waals surface area contributed by atoms with Gasteiger partial charge in [-0.3, -0.25) is 19.4 Å². The van der Waals surface area contributed by atoms with Gasteiger partial charge in [-0.05, 0) is 59.9 Å². The number of nitrogens with one attached hydrogen (secondary N) is 2. The predicted molar refractivity (Wildman–Crippen MR) is 149 cm³/mol. The van der Waals surface area contributed by atoms with E-state index in [0.717, 1.165) is 5.56 Å². The minimum absolute atomic E-state index is 0.112. The van der Waals surface area contributed by atoms with Crippen LogP contribution in [-0.2, 0) is 27.2 Å². The molecule has 1 unspecified atom stereocenters. The molecule has 0 fully saturated rings. The fourth-order valence-corrected chi connectivity index (χ4v) is 4.36. The first-order valence-electron chi connectivity index (χ1n) is 12.9. The largest absolute Gasteiger partial charge is 0.497 e. The Morgan fingerprint density at radius 1 is 0.902 bits per heavy atom. The number of benzene rings is 2. The fourth-order valence-electron chi connectivity index (χ4n) is 4.23. The van der Waals surface area contributed by atoms with Crippen LogP contribution in [0.4, 0.5) is 13.2 Å². The Labute approximate surface area is 241 Å². The van der Waals surface area contributed by atoms with E-state index in [1.165, 1.54) is 27.2 Å². The van der Waals surface area contributed by atoms with Gasteiger partial charge in [0.2, 0.25) is 11.8 Å². The molecule has 3 atom stereocenters. The lowest BCUT2D eigenvalue weighted by atomic mass is 9.90. The minimum atomic E-state index is -5.14.